The van der Waals surface area contributed by atoms with Crippen LogP contribution in [-0.2, 0) is 0 Å². The lowest BCUT2D eigenvalue weighted by Gasteiger charge is -2.26. The number of benzene rings is 1. The highest BCUT2D eigenvalue weighted by Gasteiger charge is 2.31. The summed E-state index contributed by atoms with van der Waals surface area (Å²) >= 11 is 1.40. The molecule has 0 spiro atoms. The zero-order valence-electron chi connectivity index (χ0n) is 22.8. The molecule has 0 radical (unpaired) electrons. The topological polar surface area (TPSA) is 146 Å². The van der Waals surface area contributed by atoms with Crippen LogP contribution in [-0.4, -0.2) is 60.6 Å². The molecular formula is C27H31F3N6O4S. The molecule has 4 atom stereocenters. The molecule has 1 aromatic carbocycles. The van der Waals surface area contributed by atoms with Crippen LogP contribution in [0.2, 0.25) is 0 Å². The van der Waals surface area contributed by atoms with Crippen molar-refractivity contribution in [3.8, 4) is 16.3 Å². The van der Waals surface area contributed by atoms with Gasteiger partial charge in [-0.05, 0) is 51.0 Å². The van der Waals surface area contributed by atoms with Gasteiger partial charge < -0.3 is 30.7 Å². The first-order valence-electron chi connectivity index (χ1n) is 12.9. The lowest BCUT2D eigenvalue weighted by Crippen LogP contribution is -2.40. The molecule has 220 valence electrons. The number of rotatable bonds is 11. The summed E-state index contributed by atoms with van der Waals surface area (Å²) in [5, 5.41) is 37.7. The number of anilines is 2. The molecule has 4 rings (SSSR count). The molecule has 10 nitrogen and oxygen atoms in total. The Hall–Kier alpha value is -3.59. The molecule has 0 amide bonds. The second-order valence-corrected chi connectivity index (χ2v) is 10.6. The van der Waals surface area contributed by atoms with Crippen LogP contribution in [0.4, 0.5) is 24.9 Å². The third-order valence-corrected chi connectivity index (χ3v) is 7.64. The quantitative estimate of drug-likeness (QED) is 0.152. The fraction of sp³-hybridized carbons (Fsp3) is 0.407. The van der Waals surface area contributed by atoms with Gasteiger partial charge in [-0.2, -0.15) is 4.98 Å². The first kappa shape index (κ1) is 30.4. The predicted molar refractivity (Wildman–Crippen MR) is 150 cm³/mol. The summed E-state index contributed by atoms with van der Waals surface area (Å²) < 4.78 is 42.4. The van der Waals surface area contributed by atoms with Gasteiger partial charge in [-0.15, -0.1) is 24.5 Å². The Morgan fingerprint density at radius 2 is 1.71 bits per heavy atom. The van der Waals surface area contributed by atoms with Gasteiger partial charge in [0.05, 0.1) is 27.7 Å². The molecule has 3 heterocycles. The van der Waals surface area contributed by atoms with E-state index in [1.807, 2.05) is 13.0 Å². The smallest absolute Gasteiger partial charge is 0.406 e. The maximum atomic E-state index is 12.5. The van der Waals surface area contributed by atoms with Gasteiger partial charge in [-0.25, -0.2) is 9.97 Å². The minimum Gasteiger partial charge on any atom is -0.406 e. The van der Waals surface area contributed by atoms with E-state index in [2.05, 4.69) is 30.3 Å². The maximum Gasteiger partial charge on any atom is 0.573 e. The number of nitrogens with zero attached hydrogens (tertiary/aromatic N) is 4. The van der Waals surface area contributed by atoms with E-state index in [0.29, 0.717) is 28.2 Å². The average Bonchev–Trinajstić information content (AvgIpc) is 3.33. The van der Waals surface area contributed by atoms with Crippen molar-refractivity contribution in [2.45, 2.75) is 58.9 Å². The van der Waals surface area contributed by atoms with Gasteiger partial charge in [-0.3, -0.25) is 4.98 Å². The molecule has 4 aromatic rings. The van der Waals surface area contributed by atoms with E-state index < -0.39 is 30.7 Å². The molecule has 5 N–H and O–H groups in total. The second kappa shape index (κ2) is 12.5. The van der Waals surface area contributed by atoms with E-state index in [4.69, 9.17) is 4.98 Å². The van der Waals surface area contributed by atoms with E-state index in [1.54, 1.807) is 27.0 Å². The lowest BCUT2D eigenvalue weighted by atomic mass is 9.99. The highest BCUT2D eigenvalue weighted by molar-refractivity contribution is 7.21. The number of pyridine rings is 1. The van der Waals surface area contributed by atoms with E-state index in [1.165, 1.54) is 35.6 Å². The fourth-order valence-electron chi connectivity index (χ4n) is 4.28. The van der Waals surface area contributed by atoms with Crippen LogP contribution in [0.1, 0.15) is 43.3 Å². The number of aliphatic hydroxyl groups is 3. The van der Waals surface area contributed by atoms with Crippen molar-refractivity contribution in [2.75, 3.05) is 17.2 Å². The van der Waals surface area contributed by atoms with Crippen LogP contribution in [0.5, 0.6) is 5.75 Å². The van der Waals surface area contributed by atoms with Crippen molar-refractivity contribution in [1.29, 1.82) is 0 Å². The van der Waals surface area contributed by atoms with Crippen molar-refractivity contribution in [3.63, 3.8) is 0 Å². The Bertz CT molecular complexity index is 1480. The van der Waals surface area contributed by atoms with Crippen LogP contribution >= 0.6 is 11.3 Å². The Morgan fingerprint density at radius 3 is 2.32 bits per heavy atom. The van der Waals surface area contributed by atoms with Gasteiger partial charge in [0.15, 0.2) is 6.23 Å². The predicted octanol–water partition coefficient (Wildman–Crippen LogP) is 4.95. The van der Waals surface area contributed by atoms with Crippen LogP contribution in [0.25, 0.3) is 20.8 Å². The summed E-state index contributed by atoms with van der Waals surface area (Å²) in [6.07, 6.45) is -5.41. The van der Waals surface area contributed by atoms with Crippen LogP contribution < -0.4 is 15.4 Å². The van der Waals surface area contributed by atoms with E-state index in [9.17, 15) is 28.5 Å². The molecule has 0 saturated carbocycles. The number of aromatic nitrogens is 4. The van der Waals surface area contributed by atoms with Crippen molar-refractivity contribution >= 4 is 33.3 Å². The number of nitrogens with one attached hydrogen (secondary N) is 2. The van der Waals surface area contributed by atoms with Gasteiger partial charge in [0.2, 0.25) is 5.95 Å². The molecule has 41 heavy (non-hydrogen) atoms. The normalized spacial score (nSPS) is 14.9. The Morgan fingerprint density at radius 1 is 1.00 bits per heavy atom. The monoisotopic (exact) mass is 592 g/mol. The van der Waals surface area contributed by atoms with Crippen molar-refractivity contribution in [2.24, 2.45) is 5.92 Å². The largest absolute Gasteiger partial charge is 0.573 e. The molecule has 14 heteroatoms. The summed E-state index contributed by atoms with van der Waals surface area (Å²) in [6.45, 7) is 6.87. The number of ether oxygens (including phenoxy) is 1. The van der Waals surface area contributed by atoms with E-state index >= 15 is 0 Å². The summed E-state index contributed by atoms with van der Waals surface area (Å²) in [5.41, 5.74) is 3.16. The number of alkyl halides is 3. The zero-order chi connectivity index (χ0) is 29.9. The van der Waals surface area contributed by atoms with E-state index in [0.717, 1.165) is 15.9 Å². The summed E-state index contributed by atoms with van der Waals surface area (Å²) in [5.74, 6) is -0.530. The molecular weight excluding hydrogens is 561 g/mol. The number of fused-ring (bicyclic) bond motifs is 1. The Labute approximate surface area is 238 Å². The van der Waals surface area contributed by atoms with Crippen LogP contribution in [0.15, 0.2) is 36.5 Å². The molecule has 0 aliphatic carbocycles. The molecule has 0 aliphatic heterocycles. The number of thiazole rings is 1. The Kier molecular flexibility index (Phi) is 9.27. The second-order valence-electron chi connectivity index (χ2n) is 9.53. The van der Waals surface area contributed by atoms with Gasteiger partial charge >= 0.3 is 6.36 Å². The van der Waals surface area contributed by atoms with Gasteiger partial charge in [0, 0.05) is 18.7 Å². The highest BCUT2D eigenvalue weighted by Crippen LogP contribution is 2.37. The molecule has 0 bridgehead atoms. The SMILES string of the molecule is CC[C@H](CO)[C@@H](O)[C@@H](O)Nc1nc(N[C@H](C)c2ccc(OC(F)(F)F)cc2)nc(C)c1-c1nc2c(C)nccc2s1. The number of aliphatic hydroxyl groups excluding tert-OH is 3. The number of aryl methyl sites for hydroxylation is 2. The maximum absolute atomic E-state index is 12.5. The Balaban J connectivity index is 1.68. The third-order valence-electron chi connectivity index (χ3n) is 6.60. The molecule has 3 aromatic heterocycles. The summed E-state index contributed by atoms with van der Waals surface area (Å²) in [4.78, 5) is 18.2. The standard InChI is InChI=1S/C27H31F3N6O4S/c1-5-16(12-37)22(38)24(39)35-23-20(25-34-21-15(4)31-11-10-19(21)41-25)14(3)33-26(36-23)32-13(2)17-6-8-18(9-7-17)40-27(28,29)30/h6-11,13,16,22,24,37-39H,5,12H2,1-4H3,(H2,32,33,35,36)/t13-,16-,22-,24-/m1/s1. The zero-order valence-corrected chi connectivity index (χ0v) is 23.6. The summed E-state index contributed by atoms with van der Waals surface area (Å²) in [7, 11) is 0. The van der Waals surface area contributed by atoms with Crippen molar-refractivity contribution < 1.29 is 33.2 Å². The van der Waals surface area contributed by atoms with Crippen molar-refractivity contribution in [3.05, 3.63) is 53.5 Å². The number of hydrogen-bond donors (Lipinski definition) is 5. The minimum absolute atomic E-state index is 0.173. The lowest BCUT2D eigenvalue weighted by molar-refractivity contribution is -0.274. The first-order valence-corrected chi connectivity index (χ1v) is 13.7. The molecule has 0 saturated heterocycles. The van der Waals surface area contributed by atoms with Crippen LogP contribution in [0.3, 0.4) is 0 Å². The highest BCUT2D eigenvalue weighted by atomic mass is 32.1. The number of hydrogen-bond acceptors (Lipinski definition) is 11. The molecule has 0 unspecified atom stereocenters. The first-order chi connectivity index (χ1) is 19.4. The fourth-order valence-corrected chi connectivity index (χ4v) is 5.39. The molecule has 0 aliphatic rings. The van der Waals surface area contributed by atoms with Gasteiger partial charge in [0.1, 0.15) is 28.2 Å². The number of halogens is 3. The summed E-state index contributed by atoms with van der Waals surface area (Å²) in [6, 6.07) is 6.86. The average molecular weight is 593 g/mol. The van der Waals surface area contributed by atoms with Crippen LogP contribution in [0, 0.1) is 19.8 Å². The van der Waals surface area contributed by atoms with Crippen molar-refractivity contribution in [1.82, 2.24) is 19.9 Å². The van der Waals surface area contributed by atoms with Gasteiger partial charge in [-0.1, -0.05) is 19.1 Å². The molecule has 0 fully saturated rings. The third kappa shape index (κ3) is 7.19. The van der Waals surface area contributed by atoms with E-state index in [-0.39, 0.29) is 24.1 Å². The minimum atomic E-state index is -4.78. The van der Waals surface area contributed by atoms with Gasteiger partial charge in [0.25, 0.3) is 0 Å².